The van der Waals surface area contributed by atoms with Gasteiger partial charge in [-0.1, -0.05) is 30.3 Å². The van der Waals surface area contributed by atoms with Gasteiger partial charge in [0.25, 0.3) is 0 Å². The number of ether oxygens (including phenoxy) is 1. The maximum atomic E-state index is 10.8. The average Bonchev–Trinajstić information content (AvgIpc) is 2.96. The predicted molar refractivity (Wildman–Crippen MR) is 90.0 cm³/mol. The number of aromatic amines is 1. The van der Waals surface area contributed by atoms with Gasteiger partial charge in [-0.2, -0.15) is 0 Å². The summed E-state index contributed by atoms with van der Waals surface area (Å²) in [7, 11) is 0. The van der Waals surface area contributed by atoms with Crippen LogP contribution in [0.25, 0.3) is 10.9 Å². The van der Waals surface area contributed by atoms with Gasteiger partial charge in [-0.05, 0) is 29.3 Å². The number of carbonyl (C=O) groups is 1. The van der Waals surface area contributed by atoms with E-state index in [1.165, 1.54) is 0 Å². The lowest BCUT2D eigenvalue weighted by Gasteiger charge is -2.07. The molecule has 1 aromatic heterocycles. The van der Waals surface area contributed by atoms with Crippen molar-refractivity contribution in [2.75, 3.05) is 6.54 Å². The molecule has 5 heteroatoms. The molecule has 0 bridgehead atoms. The van der Waals surface area contributed by atoms with Crippen molar-refractivity contribution in [2.45, 2.75) is 13.2 Å². The lowest BCUT2D eigenvalue weighted by Crippen LogP contribution is -2.27. The summed E-state index contributed by atoms with van der Waals surface area (Å²) in [6, 6.07) is 16.0. The number of aromatic nitrogens is 1. The molecule has 0 saturated carbocycles. The Morgan fingerprint density at radius 2 is 2.00 bits per heavy atom. The van der Waals surface area contributed by atoms with Gasteiger partial charge in [-0.15, -0.1) is 0 Å². The molecule has 5 nitrogen and oxygen atoms in total. The molecule has 0 atom stereocenters. The first kappa shape index (κ1) is 15.1. The first-order chi connectivity index (χ1) is 11.2. The molecule has 0 radical (unpaired) electrons. The zero-order chi connectivity index (χ0) is 16.1. The molecule has 0 aliphatic rings. The molecular weight excluding hydrogens is 290 g/mol. The summed E-state index contributed by atoms with van der Waals surface area (Å²) in [5, 5.41) is 4.10. The van der Waals surface area contributed by atoms with Gasteiger partial charge in [0.2, 0.25) is 5.91 Å². The van der Waals surface area contributed by atoms with E-state index in [-0.39, 0.29) is 12.5 Å². The van der Waals surface area contributed by atoms with E-state index in [2.05, 4.69) is 10.3 Å². The summed E-state index contributed by atoms with van der Waals surface area (Å²) in [6.45, 7) is 1.27. The van der Waals surface area contributed by atoms with Crippen LogP contribution >= 0.6 is 0 Å². The second-order valence-electron chi connectivity index (χ2n) is 5.37. The van der Waals surface area contributed by atoms with Crippen molar-refractivity contribution in [3.05, 3.63) is 65.9 Å². The van der Waals surface area contributed by atoms with Crippen LogP contribution in [-0.2, 0) is 17.9 Å². The third kappa shape index (κ3) is 3.90. The highest BCUT2D eigenvalue weighted by Gasteiger charge is 2.06. The van der Waals surface area contributed by atoms with Crippen molar-refractivity contribution in [2.24, 2.45) is 5.73 Å². The van der Waals surface area contributed by atoms with E-state index in [1.54, 1.807) is 0 Å². The fourth-order valence-corrected chi connectivity index (χ4v) is 2.45. The molecule has 23 heavy (non-hydrogen) atoms. The van der Waals surface area contributed by atoms with Crippen LogP contribution in [0.4, 0.5) is 0 Å². The van der Waals surface area contributed by atoms with Gasteiger partial charge in [-0.3, -0.25) is 4.79 Å². The minimum absolute atomic E-state index is 0.164. The number of carbonyl (C=O) groups excluding carboxylic acids is 1. The van der Waals surface area contributed by atoms with E-state index >= 15 is 0 Å². The van der Waals surface area contributed by atoms with Crippen LogP contribution in [0.1, 0.15) is 11.1 Å². The number of hydrogen-bond acceptors (Lipinski definition) is 3. The quantitative estimate of drug-likeness (QED) is 0.626. The molecular formula is C18H19N3O2. The summed E-state index contributed by atoms with van der Waals surface area (Å²) in [4.78, 5) is 14.0. The summed E-state index contributed by atoms with van der Waals surface area (Å²) in [6.07, 6.45) is 1.93. The number of rotatable bonds is 7. The summed E-state index contributed by atoms with van der Waals surface area (Å²) < 4.78 is 5.86. The zero-order valence-corrected chi connectivity index (χ0v) is 12.7. The molecule has 118 valence electrons. The molecule has 1 amide bonds. The molecule has 1 heterocycles. The lowest BCUT2D eigenvalue weighted by molar-refractivity contribution is -0.117. The number of fused-ring (bicyclic) bond motifs is 1. The minimum atomic E-state index is -0.364. The van der Waals surface area contributed by atoms with E-state index in [0.29, 0.717) is 13.2 Å². The normalized spacial score (nSPS) is 10.8. The van der Waals surface area contributed by atoms with E-state index in [9.17, 15) is 4.79 Å². The Kier molecular flexibility index (Phi) is 4.59. The van der Waals surface area contributed by atoms with E-state index in [4.69, 9.17) is 10.5 Å². The van der Waals surface area contributed by atoms with Crippen molar-refractivity contribution >= 4 is 16.8 Å². The number of H-pyrrole nitrogens is 1. The highest BCUT2D eigenvalue weighted by Crippen LogP contribution is 2.24. The van der Waals surface area contributed by atoms with Crippen molar-refractivity contribution < 1.29 is 9.53 Å². The Labute approximate surface area is 134 Å². The number of primary amides is 1. The van der Waals surface area contributed by atoms with Crippen molar-refractivity contribution in [1.82, 2.24) is 10.3 Å². The number of benzene rings is 2. The second kappa shape index (κ2) is 6.98. The molecule has 0 unspecified atom stereocenters. The molecule has 3 aromatic rings. The molecule has 2 aromatic carbocycles. The smallest absolute Gasteiger partial charge is 0.231 e. The summed E-state index contributed by atoms with van der Waals surface area (Å²) >= 11 is 0. The molecule has 0 saturated heterocycles. The van der Waals surface area contributed by atoms with Gasteiger partial charge < -0.3 is 20.8 Å². The van der Waals surface area contributed by atoms with Gasteiger partial charge >= 0.3 is 0 Å². The van der Waals surface area contributed by atoms with Crippen LogP contribution < -0.4 is 15.8 Å². The fourth-order valence-electron chi connectivity index (χ4n) is 2.45. The molecule has 0 aliphatic heterocycles. The maximum absolute atomic E-state index is 10.8. The van der Waals surface area contributed by atoms with Crippen LogP contribution in [0.2, 0.25) is 0 Å². The fraction of sp³-hybridized carbons (Fsp3) is 0.167. The first-order valence-electron chi connectivity index (χ1n) is 7.48. The van der Waals surface area contributed by atoms with Gasteiger partial charge in [0.15, 0.2) is 0 Å². The summed E-state index contributed by atoms with van der Waals surface area (Å²) in [5.41, 5.74) is 8.37. The molecule has 4 N–H and O–H groups in total. The van der Waals surface area contributed by atoms with Crippen molar-refractivity contribution in [3.63, 3.8) is 0 Å². The number of hydrogen-bond donors (Lipinski definition) is 3. The SMILES string of the molecule is NC(=O)CNCc1c[nH]c2ccc(OCc3ccccc3)cc12. The topological polar surface area (TPSA) is 80.1 Å². The largest absolute Gasteiger partial charge is 0.489 e. The lowest BCUT2D eigenvalue weighted by atomic mass is 10.1. The van der Waals surface area contributed by atoms with Crippen molar-refractivity contribution in [3.8, 4) is 5.75 Å². The Balaban J connectivity index is 1.71. The standard InChI is InChI=1S/C18H19N3O2/c19-18(22)11-20-9-14-10-21-17-7-6-15(8-16(14)17)23-12-13-4-2-1-3-5-13/h1-8,10,20-21H,9,11-12H2,(H2,19,22). The second-order valence-corrected chi connectivity index (χ2v) is 5.37. The first-order valence-corrected chi connectivity index (χ1v) is 7.48. The van der Waals surface area contributed by atoms with Crippen LogP contribution in [-0.4, -0.2) is 17.4 Å². The van der Waals surface area contributed by atoms with Crippen LogP contribution in [0.3, 0.4) is 0 Å². The third-order valence-corrected chi connectivity index (χ3v) is 3.60. The highest BCUT2D eigenvalue weighted by atomic mass is 16.5. The average molecular weight is 309 g/mol. The molecule has 3 rings (SSSR count). The number of nitrogens with one attached hydrogen (secondary N) is 2. The monoisotopic (exact) mass is 309 g/mol. The summed E-state index contributed by atoms with van der Waals surface area (Å²) in [5.74, 6) is 0.453. The van der Waals surface area contributed by atoms with E-state index in [1.807, 2.05) is 54.7 Å². The predicted octanol–water partition coefficient (Wildman–Crippen LogP) is 2.32. The van der Waals surface area contributed by atoms with Gasteiger partial charge in [0, 0.05) is 23.6 Å². The molecule has 0 fully saturated rings. The third-order valence-electron chi connectivity index (χ3n) is 3.60. The Morgan fingerprint density at radius 1 is 1.17 bits per heavy atom. The van der Waals surface area contributed by atoms with Gasteiger partial charge in [-0.25, -0.2) is 0 Å². The van der Waals surface area contributed by atoms with Crippen LogP contribution in [0.5, 0.6) is 5.75 Å². The maximum Gasteiger partial charge on any atom is 0.231 e. The van der Waals surface area contributed by atoms with Crippen LogP contribution in [0, 0.1) is 0 Å². The Hall–Kier alpha value is -2.79. The number of nitrogens with two attached hydrogens (primary N) is 1. The molecule has 0 aliphatic carbocycles. The van der Waals surface area contributed by atoms with Gasteiger partial charge in [0.1, 0.15) is 12.4 Å². The highest BCUT2D eigenvalue weighted by molar-refractivity contribution is 5.84. The van der Waals surface area contributed by atoms with Crippen LogP contribution in [0.15, 0.2) is 54.7 Å². The Bertz CT molecular complexity index is 796. The van der Waals surface area contributed by atoms with Gasteiger partial charge in [0.05, 0.1) is 6.54 Å². The van der Waals surface area contributed by atoms with Crippen molar-refractivity contribution in [1.29, 1.82) is 0 Å². The minimum Gasteiger partial charge on any atom is -0.489 e. The molecule has 0 spiro atoms. The van der Waals surface area contributed by atoms with E-state index < -0.39 is 0 Å². The number of amides is 1. The zero-order valence-electron chi connectivity index (χ0n) is 12.7. The Morgan fingerprint density at radius 3 is 2.78 bits per heavy atom. The van der Waals surface area contributed by atoms with E-state index in [0.717, 1.165) is 27.8 Å².